The molecule has 1 aromatic heterocycles. The lowest BCUT2D eigenvalue weighted by molar-refractivity contribution is 0.0732. The summed E-state index contributed by atoms with van der Waals surface area (Å²) in [4.78, 5) is 6.23. The number of ether oxygens (including phenoxy) is 2. The molecule has 1 aliphatic heterocycles. The maximum Gasteiger partial charge on any atom is 0.138 e. The third-order valence-electron chi connectivity index (χ3n) is 5.29. The van der Waals surface area contributed by atoms with Crippen LogP contribution in [0.2, 0.25) is 0 Å². The fourth-order valence-corrected chi connectivity index (χ4v) is 3.70. The highest BCUT2D eigenvalue weighted by molar-refractivity contribution is 5.27. The van der Waals surface area contributed by atoms with E-state index in [-0.39, 0.29) is 5.75 Å². The molecule has 164 valence electrons. The largest absolute Gasteiger partial charge is 0.492 e. The van der Waals surface area contributed by atoms with Crippen LogP contribution >= 0.6 is 0 Å². The average Bonchev–Trinajstić information content (AvgIpc) is 3.27. The van der Waals surface area contributed by atoms with Gasteiger partial charge >= 0.3 is 0 Å². The van der Waals surface area contributed by atoms with Crippen LogP contribution in [0.1, 0.15) is 11.4 Å². The van der Waals surface area contributed by atoms with E-state index in [1.165, 1.54) is 0 Å². The molecule has 2 atom stereocenters. The molecule has 0 amide bonds. The van der Waals surface area contributed by atoms with Crippen LogP contribution in [-0.4, -0.2) is 51.5 Å². The number of imidazole rings is 1. The summed E-state index contributed by atoms with van der Waals surface area (Å²) in [7, 11) is 0. The van der Waals surface area contributed by atoms with Crippen molar-refractivity contribution in [2.75, 3.05) is 19.7 Å². The van der Waals surface area contributed by atoms with Crippen molar-refractivity contribution >= 4 is 0 Å². The number of likely N-dealkylation sites (tertiary alicyclic amines) is 1. The highest BCUT2D eigenvalue weighted by Gasteiger charge is 2.33. The number of aromatic nitrogens is 2. The van der Waals surface area contributed by atoms with Crippen molar-refractivity contribution in [1.29, 1.82) is 0 Å². The van der Waals surface area contributed by atoms with E-state index in [1.807, 2.05) is 46.9 Å². The molecular weight excluding hydrogens is 404 g/mol. The molecule has 6 nitrogen and oxygen atoms in total. The van der Waals surface area contributed by atoms with E-state index < -0.39 is 23.8 Å². The van der Waals surface area contributed by atoms with Gasteiger partial charge in [0.05, 0.1) is 6.54 Å². The molecule has 0 saturated carbocycles. The van der Waals surface area contributed by atoms with Crippen molar-refractivity contribution in [2.45, 2.75) is 32.2 Å². The van der Waals surface area contributed by atoms with Gasteiger partial charge in [0.2, 0.25) is 0 Å². The molecule has 4 rings (SSSR count). The molecule has 0 bridgehead atoms. The normalized spacial score (nSPS) is 19.0. The molecule has 3 aromatic rings. The van der Waals surface area contributed by atoms with Gasteiger partial charge < -0.3 is 19.1 Å². The molecule has 2 heterocycles. The summed E-state index contributed by atoms with van der Waals surface area (Å²) in [6, 6.07) is 10.8. The first-order valence-corrected chi connectivity index (χ1v) is 10.2. The average molecular weight is 429 g/mol. The van der Waals surface area contributed by atoms with Crippen LogP contribution in [0.25, 0.3) is 0 Å². The fourth-order valence-electron chi connectivity index (χ4n) is 3.70. The van der Waals surface area contributed by atoms with Gasteiger partial charge in [-0.25, -0.2) is 13.8 Å². The molecule has 1 N–H and O–H groups in total. The molecule has 0 aliphatic carbocycles. The number of aryl methyl sites for hydroxylation is 1. The molecule has 31 heavy (non-hydrogen) atoms. The highest BCUT2D eigenvalue weighted by Crippen LogP contribution is 2.23. The zero-order chi connectivity index (χ0) is 21.8. The van der Waals surface area contributed by atoms with Crippen molar-refractivity contribution < 1.29 is 23.4 Å². The second-order valence-electron chi connectivity index (χ2n) is 7.68. The summed E-state index contributed by atoms with van der Waals surface area (Å²) in [6.07, 6.45) is 2.41. The predicted molar refractivity (Wildman–Crippen MR) is 111 cm³/mol. The van der Waals surface area contributed by atoms with Gasteiger partial charge in [-0.05, 0) is 24.6 Å². The van der Waals surface area contributed by atoms with Gasteiger partial charge in [0, 0.05) is 50.2 Å². The van der Waals surface area contributed by atoms with Gasteiger partial charge in [0.15, 0.2) is 0 Å². The molecule has 0 spiro atoms. The molecule has 2 aromatic carbocycles. The second kappa shape index (κ2) is 9.45. The van der Waals surface area contributed by atoms with Crippen LogP contribution in [0, 0.1) is 18.6 Å². The third kappa shape index (κ3) is 5.59. The first-order valence-electron chi connectivity index (χ1n) is 10.2. The van der Waals surface area contributed by atoms with Gasteiger partial charge in [-0.15, -0.1) is 0 Å². The molecule has 0 unspecified atom stereocenters. The van der Waals surface area contributed by atoms with Crippen molar-refractivity contribution in [2.24, 2.45) is 0 Å². The summed E-state index contributed by atoms with van der Waals surface area (Å²) >= 11 is 0. The minimum Gasteiger partial charge on any atom is -0.492 e. The number of nitrogens with zero attached hydrogens (tertiary/aromatic N) is 3. The summed E-state index contributed by atoms with van der Waals surface area (Å²) in [5, 5.41) is 10.3. The lowest BCUT2D eigenvalue weighted by Crippen LogP contribution is -2.30. The molecule has 1 saturated heterocycles. The van der Waals surface area contributed by atoms with E-state index in [2.05, 4.69) is 4.98 Å². The van der Waals surface area contributed by atoms with Crippen LogP contribution in [0.5, 0.6) is 11.5 Å². The fraction of sp³-hybridized carbons (Fsp3) is 0.348. The lowest BCUT2D eigenvalue weighted by atomic mass is 10.2. The smallest absolute Gasteiger partial charge is 0.138 e. The zero-order valence-electron chi connectivity index (χ0n) is 17.2. The van der Waals surface area contributed by atoms with Crippen LogP contribution in [0.15, 0.2) is 54.9 Å². The van der Waals surface area contributed by atoms with E-state index in [1.54, 1.807) is 6.20 Å². The lowest BCUT2D eigenvalue weighted by Gasteiger charge is -2.17. The highest BCUT2D eigenvalue weighted by atomic mass is 19.1. The Bertz CT molecular complexity index is 989. The first kappa shape index (κ1) is 21.3. The van der Waals surface area contributed by atoms with E-state index in [9.17, 15) is 13.9 Å². The Hall–Kier alpha value is -2.97. The Morgan fingerprint density at radius 2 is 1.81 bits per heavy atom. The summed E-state index contributed by atoms with van der Waals surface area (Å²) < 4.78 is 40.2. The standard InChI is InChI=1S/C23H25F2N3O3/c1-16-26-6-7-28(16)8-9-30-20-4-2-17(3-5-20)13-27-14-22(29)23(15-27)31-21-11-18(24)10-19(25)12-21/h2-7,10-12,22-23,29H,8-9,13-15H2,1H3/t22-,23-/m0/s1. The van der Waals surface area contributed by atoms with Crippen LogP contribution < -0.4 is 9.47 Å². The third-order valence-corrected chi connectivity index (χ3v) is 5.29. The Kier molecular flexibility index (Phi) is 6.48. The van der Waals surface area contributed by atoms with Gasteiger partial charge in [0.1, 0.15) is 47.8 Å². The maximum absolute atomic E-state index is 13.4. The number of halogens is 2. The first-order chi connectivity index (χ1) is 15.0. The topological polar surface area (TPSA) is 59.8 Å². The molecule has 1 fully saturated rings. The minimum absolute atomic E-state index is 0.0794. The second-order valence-corrected chi connectivity index (χ2v) is 7.68. The van der Waals surface area contributed by atoms with E-state index >= 15 is 0 Å². The maximum atomic E-state index is 13.4. The van der Waals surface area contributed by atoms with Crippen LogP contribution in [0.4, 0.5) is 8.78 Å². The van der Waals surface area contributed by atoms with E-state index in [0.717, 1.165) is 41.9 Å². The summed E-state index contributed by atoms with van der Waals surface area (Å²) in [6.45, 7) is 4.75. The van der Waals surface area contributed by atoms with Gasteiger partial charge in [-0.3, -0.25) is 4.90 Å². The van der Waals surface area contributed by atoms with Gasteiger partial charge in [-0.2, -0.15) is 0 Å². The number of hydrogen-bond donors (Lipinski definition) is 1. The van der Waals surface area contributed by atoms with Gasteiger partial charge in [0.25, 0.3) is 0 Å². The minimum atomic E-state index is -0.736. The van der Waals surface area contributed by atoms with Gasteiger partial charge in [-0.1, -0.05) is 12.1 Å². The number of hydrogen-bond acceptors (Lipinski definition) is 5. The molecule has 8 heteroatoms. The van der Waals surface area contributed by atoms with E-state index in [0.29, 0.717) is 26.2 Å². The quantitative estimate of drug-likeness (QED) is 0.596. The SMILES string of the molecule is Cc1nccn1CCOc1ccc(CN2C[C@H](Oc3cc(F)cc(F)c3)[C@@H](O)C2)cc1. The summed E-state index contributed by atoms with van der Waals surface area (Å²) in [5.41, 5.74) is 1.07. The number of benzene rings is 2. The van der Waals surface area contributed by atoms with E-state index in [4.69, 9.17) is 9.47 Å². The molecule has 1 aliphatic rings. The number of β-amino-alcohol motifs (C(OH)–C–C–N with tert-alkyl or cyclic N) is 1. The van der Waals surface area contributed by atoms with Crippen molar-refractivity contribution in [3.05, 3.63) is 77.9 Å². The predicted octanol–water partition coefficient (Wildman–Crippen LogP) is 3.17. The molecular formula is C23H25F2N3O3. The Morgan fingerprint density at radius 3 is 2.48 bits per heavy atom. The Labute approximate surface area is 179 Å². The number of aliphatic hydroxyl groups excluding tert-OH is 1. The Morgan fingerprint density at radius 1 is 1.06 bits per heavy atom. The zero-order valence-corrected chi connectivity index (χ0v) is 17.2. The van der Waals surface area contributed by atoms with Crippen molar-refractivity contribution in [3.8, 4) is 11.5 Å². The Balaban J connectivity index is 1.26. The monoisotopic (exact) mass is 429 g/mol. The van der Waals surface area contributed by atoms with Crippen molar-refractivity contribution in [3.63, 3.8) is 0 Å². The van der Waals surface area contributed by atoms with Crippen LogP contribution in [0.3, 0.4) is 0 Å². The number of aliphatic hydroxyl groups is 1. The summed E-state index contributed by atoms with van der Waals surface area (Å²) in [5.74, 6) is 0.410. The molecule has 0 radical (unpaired) electrons. The number of rotatable bonds is 8. The van der Waals surface area contributed by atoms with Crippen molar-refractivity contribution in [1.82, 2.24) is 14.5 Å². The van der Waals surface area contributed by atoms with Crippen LogP contribution in [-0.2, 0) is 13.1 Å².